The van der Waals surface area contributed by atoms with E-state index in [1.807, 2.05) is 24.3 Å². The van der Waals surface area contributed by atoms with E-state index in [4.69, 9.17) is 15.0 Å². The van der Waals surface area contributed by atoms with Crippen molar-refractivity contribution in [2.75, 3.05) is 0 Å². The van der Waals surface area contributed by atoms with Crippen molar-refractivity contribution < 1.29 is 0 Å². The van der Waals surface area contributed by atoms with E-state index in [2.05, 4.69) is 129 Å². The van der Waals surface area contributed by atoms with Crippen LogP contribution in [0.15, 0.2) is 146 Å². The number of fused-ring (bicyclic) bond motifs is 3. The van der Waals surface area contributed by atoms with Crippen molar-refractivity contribution in [3.8, 4) is 73.6 Å². The van der Waals surface area contributed by atoms with E-state index >= 15 is 0 Å². The van der Waals surface area contributed by atoms with Crippen LogP contribution in [0.2, 0.25) is 0 Å². The van der Waals surface area contributed by atoms with Gasteiger partial charge in [-0.25, -0.2) is 15.0 Å². The lowest BCUT2D eigenvalue weighted by atomic mass is 9.82. The normalized spacial score (nSPS) is 12.6. The molecule has 0 amide bonds. The van der Waals surface area contributed by atoms with Gasteiger partial charge in [-0.05, 0) is 87.0 Å². The SMILES string of the molecule is CC1(C)c2ccccc2-c2c(-c3nc(-c4ccc(C#N)cc4)nc(-c4cc(-c5ccccc5)cc(-c5ccccc5)c4)n3)cccc21. The summed E-state index contributed by atoms with van der Waals surface area (Å²) < 4.78 is 0. The van der Waals surface area contributed by atoms with Crippen molar-refractivity contribution in [2.45, 2.75) is 19.3 Å². The topological polar surface area (TPSA) is 62.5 Å². The minimum absolute atomic E-state index is 0.150. The molecular formula is C43H30N4. The molecule has 4 heteroatoms. The summed E-state index contributed by atoms with van der Waals surface area (Å²) in [6.07, 6.45) is 0. The summed E-state index contributed by atoms with van der Waals surface area (Å²) in [6, 6.07) is 52.1. The lowest BCUT2D eigenvalue weighted by molar-refractivity contribution is 0.660. The van der Waals surface area contributed by atoms with Crippen molar-refractivity contribution in [1.82, 2.24) is 15.0 Å². The Morgan fingerprint density at radius 1 is 0.447 bits per heavy atom. The van der Waals surface area contributed by atoms with Crippen molar-refractivity contribution in [3.05, 3.63) is 162 Å². The molecule has 0 saturated carbocycles. The van der Waals surface area contributed by atoms with Gasteiger partial charge in [-0.1, -0.05) is 117 Å². The Morgan fingerprint density at radius 3 is 1.60 bits per heavy atom. The van der Waals surface area contributed by atoms with Gasteiger partial charge in [0.05, 0.1) is 11.6 Å². The van der Waals surface area contributed by atoms with Crippen LogP contribution in [0, 0.1) is 11.3 Å². The van der Waals surface area contributed by atoms with E-state index in [-0.39, 0.29) is 5.41 Å². The summed E-state index contributed by atoms with van der Waals surface area (Å²) in [5.41, 5.74) is 12.5. The second-order valence-corrected chi connectivity index (χ2v) is 12.4. The van der Waals surface area contributed by atoms with Gasteiger partial charge in [0.15, 0.2) is 17.5 Å². The van der Waals surface area contributed by atoms with Crippen LogP contribution >= 0.6 is 0 Å². The van der Waals surface area contributed by atoms with Gasteiger partial charge in [0.1, 0.15) is 0 Å². The molecule has 0 spiro atoms. The van der Waals surface area contributed by atoms with Crippen LogP contribution in [-0.2, 0) is 5.41 Å². The van der Waals surface area contributed by atoms with Crippen LogP contribution in [0.1, 0.15) is 30.5 Å². The summed E-state index contributed by atoms with van der Waals surface area (Å²) in [5.74, 6) is 1.77. The third-order valence-corrected chi connectivity index (χ3v) is 9.16. The van der Waals surface area contributed by atoms with Gasteiger partial charge in [0.25, 0.3) is 0 Å². The largest absolute Gasteiger partial charge is 0.208 e. The Morgan fingerprint density at radius 2 is 0.957 bits per heavy atom. The van der Waals surface area contributed by atoms with Gasteiger partial charge < -0.3 is 0 Å². The predicted octanol–water partition coefficient (Wildman–Crippen LogP) is 10.4. The minimum atomic E-state index is -0.150. The molecule has 6 aromatic carbocycles. The van der Waals surface area contributed by atoms with Gasteiger partial charge >= 0.3 is 0 Å². The van der Waals surface area contributed by atoms with Crippen molar-refractivity contribution in [3.63, 3.8) is 0 Å². The zero-order valence-electron chi connectivity index (χ0n) is 26.1. The fourth-order valence-corrected chi connectivity index (χ4v) is 6.74. The average Bonchev–Trinajstić information content (AvgIpc) is 3.38. The number of hydrogen-bond acceptors (Lipinski definition) is 4. The van der Waals surface area contributed by atoms with Gasteiger partial charge in [0, 0.05) is 22.1 Å². The number of hydrogen-bond donors (Lipinski definition) is 0. The molecule has 1 aliphatic carbocycles. The molecule has 0 radical (unpaired) electrons. The number of nitriles is 1. The lowest BCUT2D eigenvalue weighted by Crippen LogP contribution is -2.14. The Bertz CT molecular complexity index is 2260. The van der Waals surface area contributed by atoms with Crippen LogP contribution < -0.4 is 0 Å². The molecule has 1 aromatic heterocycles. The third-order valence-electron chi connectivity index (χ3n) is 9.16. The van der Waals surface area contributed by atoms with Crippen LogP contribution in [0.5, 0.6) is 0 Å². The minimum Gasteiger partial charge on any atom is -0.208 e. The maximum absolute atomic E-state index is 9.45. The molecule has 4 nitrogen and oxygen atoms in total. The molecule has 8 rings (SSSR count). The number of benzene rings is 6. The van der Waals surface area contributed by atoms with E-state index < -0.39 is 0 Å². The lowest BCUT2D eigenvalue weighted by Gasteiger charge is -2.21. The third kappa shape index (κ3) is 4.99. The first-order valence-electron chi connectivity index (χ1n) is 15.8. The van der Waals surface area contributed by atoms with Gasteiger partial charge in [-0.3, -0.25) is 0 Å². The smallest absolute Gasteiger partial charge is 0.164 e. The first kappa shape index (κ1) is 28.3. The summed E-state index contributed by atoms with van der Waals surface area (Å²) in [7, 11) is 0. The highest BCUT2D eigenvalue weighted by molar-refractivity contribution is 5.91. The Balaban J connectivity index is 1.39. The maximum atomic E-state index is 9.45. The molecule has 7 aromatic rings. The molecule has 222 valence electrons. The second-order valence-electron chi connectivity index (χ2n) is 12.4. The standard InChI is InChI=1S/C43H30N4/c1-43(2)37-18-10-9-16-35(37)39-36(17-11-19-38(39)43)42-46-40(31-22-20-28(27-44)21-23-31)45-41(47-42)34-25-32(29-12-5-3-6-13-29)24-33(26-34)30-14-7-4-8-15-30/h3-26H,1-2H3. The summed E-state index contributed by atoms with van der Waals surface area (Å²) in [6.45, 7) is 4.56. The molecular weight excluding hydrogens is 573 g/mol. The number of aromatic nitrogens is 3. The summed E-state index contributed by atoms with van der Waals surface area (Å²) in [5, 5.41) is 9.45. The molecule has 0 unspecified atom stereocenters. The highest BCUT2D eigenvalue weighted by Crippen LogP contribution is 2.51. The Labute approximate surface area is 274 Å². The van der Waals surface area contributed by atoms with E-state index in [0.717, 1.165) is 38.9 Å². The van der Waals surface area contributed by atoms with Crippen molar-refractivity contribution in [1.29, 1.82) is 5.26 Å². The number of nitrogens with zero attached hydrogens (tertiary/aromatic N) is 4. The molecule has 0 bridgehead atoms. The molecule has 0 fully saturated rings. The molecule has 1 heterocycles. The zero-order valence-corrected chi connectivity index (χ0v) is 26.1. The quantitative estimate of drug-likeness (QED) is 0.197. The first-order chi connectivity index (χ1) is 23.0. The van der Waals surface area contributed by atoms with Gasteiger partial charge in [-0.2, -0.15) is 5.26 Å². The van der Waals surface area contributed by atoms with E-state index in [1.165, 1.54) is 22.3 Å². The van der Waals surface area contributed by atoms with E-state index in [1.54, 1.807) is 12.1 Å². The second kappa shape index (κ2) is 11.3. The Kier molecular flexibility index (Phi) is 6.82. The molecule has 0 saturated heterocycles. The van der Waals surface area contributed by atoms with Crippen LogP contribution in [-0.4, -0.2) is 15.0 Å². The monoisotopic (exact) mass is 602 g/mol. The Hall–Kier alpha value is -6.18. The van der Waals surface area contributed by atoms with Crippen molar-refractivity contribution in [2.24, 2.45) is 0 Å². The maximum Gasteiger partial charge on any atom is 0.164 e. The fraction of sp³-hybridized carbons (Fsp3) is 0.0698. The first-order valence-corrected chi connectivity index (χ1v) is 15.8. The highest BCUT2D eigenvalue weighted by atomic mass is 15.0. The van der Waals surface area contributed by atoms with Crippen LogP contribution in [0.3, 0.4) is 0 Å². The van der Waals surface area contributed by atoms with Crippen molar-refractivity contribution >= 4 is 0 Å². The molecule has 0 atom stereocenters. The average molecular weight is 603 g/mol. The van der Waals surface area contributed by atoms with E-state index in [9.17, 15) is 5.26 Å². The van der Waals surface area contributed by atoms with E-state index in [0.29, 0.717) is 23.0 Å². The van der Waals surface area contributed by atoms with Crippen LogP contribution in [0.25, 0.3) is 67.5 Å². The zero-order chi connectivity index (χ0) is 32.0. The fourth-order valence-electron chi connectivity index (χ4n) is 6.74. The molecule has 0 aliphatic heterocycles. The summed E-state index contributed by atoms with van der Waals surface area (Å²) in [4.78, 5) is 15.4. The summed E-state index contributed by atoms with van der Waals surface area (Å²) >= 11 is 0. The highest BCUT2D eigenvalue weighted by Gasteiger charge is 2.37. The molecule has 47 heavy (non-hydrogen) atoms. The van der Waals surface area contributed by atoms with Crippen LogP contribution in [0.4, 0.5) is 0 Å². The molecule has 0 N–H and O–H groups in total. The predicted molar refractivity (Wildman–Crippen MR) is 189 cm³/mol. The van der Waals surface area contributed by atoms with Gasteiger partial charge in [-0.15, -0.1) is 0 Å². The number of rotatable bonds is 5. The van der Waals surface area contributed by atoms with Gasteiger partial charge in [0.2, 0.25) is 0 Å². The molecule has 1 aliphatic rings.